The minimum atomic E-state index is -0.129. The minimum Gasteiger partial charge on any atom is -0.328 e. The summed E-state index contributed by atoms with van der Waals surface area (Å²) in [6.07, 6.45) is 2.61. The maximum absolute atomic E-state index is 12.6. The molecule has 30 heavy (non-hydrogen) atoms. The van der Waals surface area contributed by atoms with Crippen molar-refractivity contribution in [3.63, 3.8) is 0 Å². The quantitative estimate of drug-likeness (QED) is 0.498. The average molecular weight is 399 g/mol. The highest BCUT2D eigenvalue weighted by Gasteiger charge is 2.22. The van der Waals surface area contributed by atoms with E-state index in [4.69, 9.17) is 4.98 Å². The summed E-state index contributed by atoms with van der Waals surface area (Å²) in [5, 5.41) is 0. The van der Waals surface area contributed by atoms with E-state index in [1.807, 2.05) is 48.5 Å². The van der Waals surface area contributed by atoms with Crippen molar-refractivity contribution in [1.82, 2.24) is 19.4 Å². The van der Waals surface area contributed by atoms with Crippen LogP contribution in [-0.2, 0) is 6.54 Å². The lowest BCUT2D eigenvalue weighted by atomic mass is 10.0. The molecule has 152 valence electrons. The summed E-state index contributed by atoms with van der Waals surface area (Å²) in [6, 6.07) is 24.2. The van der Waals surface area contributed by atoms with Gasteiger partial charge in [-0.15, -0.1) is 0 Å². The molecule has 4 rings (SSSR count). The van der Waals surface area contributed by atoms with Gasteiger partial charge in [-0.05, 0) is 39.2 Å². The lowest BCUT2D eigenvalue weighted by Crippen LogP contribution is -2.17. The number of pyridine rings is 1. The molecule has 0 radical (unpaired) electrons. The molecule has 0 bridgehead atoms. The zero-order valence-corrected chi connectivity index (χ0v) is 17.4. The van der Waals surface area contributed by atoms with Crippen molar-refractivity contribution >= 4 is 0 Å². The lowest BCUT2D eigenvalue weighted by Gasteiger charge is -2.15. The highest BCUT2D eigenvalue weighted by Crippen LogP contribution is 2.35. The molecule has 2 aromatic heterocycles. The van der Waals surface area contributed by atoms with Gasteiger partial charge in [-0.2, -0.15) is 0 Å². The molecular weight excluding hydrogens is 372 g/mol. The molecule has 0 aliphatic carbocycles. The topological polar surface area (TPSA) is 53.9 Å². The first kappa shape index (κ1) is 19.9. The van der Waals surface area contributed by atoms with Crippen LogP contribution in [0.3, 0.4) is 0 Å². The van der Waals surface area contributed by atoms with E-state index in [2.05, 4.69) is 52.8 Å². The Bertz CT molecular complexity index is 1160. The molecule has 0 atom stereocenters. The zero-order chi connectivity index (χ0) is 20.9. The normalized spacial score (nSPS) is 11.2. The van der Waals surface area contributed by atoms with E-state index < -0.39 is 0 Å². The summed E-state index contributed by atoms with van der Waals surface area (Å²) in [7, 11) is 4.15. The second kappa shape index (κ2) is 8.93. The van der Waals surface area contributed by atoms with Crippen LogP contribution in [0.15, 0.2) is 83.8 Å². The van der Waals surface area contributed by atoms with Crippen LogP contribution in [0.5, 0.6) is 0 Å². The Morgan fingerprint density at radius 3 is 2.20 bits per heavy atom. The number of aromatic amines is 1. The maximum Gasteiger partial charge on any atom is 0.258 e. The third-order valence-electron chi connectivity index (χ3n) is 5.11. The molecule has 0 spiro atoms. The molecular formula is C25H26N4O. The van der Waals surface area contributed by atoms with Gasteiger partial charge < -0.3 is 14.5 Å². The molecule has 0 aliphatic rings. The van der Waals surface area contributed by atoms with E-state index in [1.165, 1.54) is 0 Å². The molecule has 0 unspecified atom stereocenters. The third kappa shape index (κ3) is 4.11. The fourth-order valence-electron chi connectivity index (χ4n) is 3.70. The van der Waals surface area contributed by atoms with Crippen LogP contribution in [-0.4, -0.2) is 40.1 Å². The third-order valence-corrected chi connectivity index (χ3v) is 5.11. The van der Waals surface area contributed by atoms with E-state index in [-0.39, 0.29) is 5.56 Å². The van der Waals surface area contributed by atoms with Crippen molar-refractivity contribution in [2.75, 3.05) is 20.6 Å². The first-order valence-corrected chi connectivity index (χ1v) is 10.2. The molecule has 5 heteroatoms. The van der Waals surface area contributed by atoms with Gasteiger partial charge in [0.2, 0.25) is 0 Å². The molecule has 0 saturated heterocycles. The van der Waals surface area contributed by atoms with Gasteiger partial charge >= 0.3 is 0 Å². The summed E-state index contributed by atoms with van der Waals surface area (Å²) < 4.78 is 2.20. The molecule has 5 nitrogen and oxygen atoms in total. The summed E-state index contributed by atoms with van der Waals surface area (Å²) in [6.45, 7) is 1.73. The van der Waals surface area contributed by atoms with Crippen molar-refractivity contribution in [2.24, 2.45) is 0 Å². The first-order valence-electron chi connectivity index (χ1n) is 10.2. The van der Waals surface area contributed by atoms with Crippen molar-refractivity contribution in [3.05, 3.63) is 89.3 Å². The van der Waals surface area contributed by atoms with Crippen LogP contribution in [0.25, 0.3) is 33.9 Å². The number of hydrogen-bond donors (Lipinski definition) is 1. The van der Waals surface area contributed by atoms with Gasteiger partial charge in [0.15, 0.2) is 0 Å². The number of nitrogens with zero attached hydrogens (tertiary/aromatic N) is 3. The predicted octanol–water partition coefficient (Wildman–Crippen LogP) is 4.52. The Morgan fingerprint density at radius 2 is 1.57 bits per heavy atom. The summed E-state index contributed by atoms with van der Waals surface area (Å²) in [5.41, 5.74) is 4.52. The standard InChI is InChI=1S/C25H26N4O/c1-28(2)17-10-18-29-23(20-13-7-4-8-14-20)22(19-11-5-3-6-12-19)27-24(29)21-15-9-16-26-25(21)30/h3-9,11-16H,10,17-18H2,1-2H3,(H,26,30). The van der Waals surface area contributed by atoms with E-state index >= 15 is 0 Å². The summed E-state index contributed by atoms with van der Waals surface area (Å²) in [5.74, 6) is 0.702. The predicted molar refractivity (Wildman–Crippen MR) is 122 cm³/mol. The van der Waals surface area contributed by atoms with Crippen LogP contribution < -0.4 is 5.56 Å². The van der Waals surface area contributed by atoms with E-state index in [9.17, 15) is 4.79 Å². The summed E-state index contributed by atoms with van der Waals surface area (Å²) >= 11 is 0. The molecule has 0 aliphatic heterocycles. The van der Waals surface area contributed by atoms with Gasteiger partial charge in [0.05, 0.1) is 17.0 Å². The van der Waals surface area contributed by atoms with Gasteiger partial charge in [-0.3, -0.25) is 4.79 Å². The second-order valence-corrected chi connectivity index (χ2v) is 7.59. The van der Waals surface area contributed by atoms with E-state index in [0.29, 0.717) is 11.4 Å². The Labute approximate surface area is 176 Å². The Hall–Kier alpha value is -3.44. The molecule has 4 aromatic rings. The van der Waals surface area contributed by atoms with Crippen molar-refractivity contribution in [1.29, 1.82) is 0 Å². The number of imidazole rings is 1. The van der Waals surface area contributed by atoms with Gasteiger partial charge in [0, 0.05) is 23.9 Å². The second-order valence-electron chi connectivity index (χ2n) is 7.59. The highest BCUT2D eigenvalue weighted by atomic mass is 16.1. The fourth-order valence-corrected chi connectivity index (χ4v) is 3.70. The SMILES string of the molecule is CN(C)CCCn1c(-c2ccc[nH]c2=O)nc(-c2ccccc2)c1-c1ccccc1. The summed E-state index contributed by atoms with van der Waals surface area (Å²) in [4.78, 5) is 22.6. The Morgan fingerprint density at radius 1 is 0.900 bits per heavy atom. The molecule has 2 heterocycles. The highest BCUT2D eigenvalue weighted by molar-refractivity contribution is 5.82. The zero-order valence-electron chi connectivity index (χ0n) is 17.4. The van der Waals surface area contributed by atoms with Crippen molar-refractivity contribution in [3.8, 4) is 33.9 Å². The monoisotopic (exact) mass is 398 g/mol. The largest absolute Gasteiger partial charge is 0.328 e. The lowest BCUT2D eigenvalue weighted by molar-refractivity contribution is 0.387. The number of H-pyrrole nitrogens is 1. The molecule has 0 fully saturated rings. The van der Waals surface area contributed by atoms with E-state index in [1.54, 1.807) is 6.20 Å². The average Bonchev–Trinajstić information content (AvgIpc) is 3.14. The number of hydrogen-bond acceptors (Lipinski definition) is 3. The Kier molecular flexibility index (Phi) is 5.91. The molecule has 2 aromatic carbocycles. The van der Waals surface area contributed by atoms with Gasteiger partial charge in [0.1, 0.15) is 5.82 Å². The smallest absolute Gasteiger partial charge is 0.258 e. The minimum absolute atomic E-state index is 0.129. The maximum atomic E-state index is 12.6. The van der Waals surface area contributed by atoms with Crippen molar-refractivity contribution in [2.45, 2.75) is 13.0 Å². The van der Waals surface area contributed by atoms with Crippen LogP contribution in [0.1, 0.15) is 6.42 Å². The van der Waals surface area contributed by atoms with Crippen molar-refractivity contribution < 1.29 is 0 Å². The van der Waals surface area contributed by atoms with Crippen LogP contribution in [0.4, 0.5) is 0 Å². The van der Waals surface area contributed by atoms with Crippen LogP contribution in [0.2, 0.25) is 0 Å². The van der Waals surface area contributed by atoms with Gasteiger partial charge in [-0.1, -0.05) is 60.7 Å². The Balaban J connectivity index is 1.97. The number of benzene rings is 2. The molecule has 0 amide bonds. The number of nitrogens with one attached hydrogen (secondary N) is 1. The van der Waals surface area contributed by atoms with Gasteiger partial charge in [-0.25, -0.2) is 4.98 Å². The van der Waals surface area contributed by atoms with Gasteiger partial charge in [0.25, 0.3) is 5.56 Å². The van der Waals surface area contributed by atoms with Crippen LogP contribution >= 0.6 is 0 Å². The van der Waals surface area contributed by atoms with Crippen LogP contribution in [0, 0.1) is 0 Å². The number of aromatic nitrogens is 3. The first-order chi connectivity index (χ1) is 14.6. The van der Waals surface area contributed by atoms with E-state index in [0.717, 1.165) is 42.0 Å². The fraction of sp³-hybridized carbons (Fsp3) is 0.200. The molecule has 1 N–H and O–H groups in total. The number of rotatable bonds is 7. The molecule has 0 saturated carbocycles.